The van der Waals surface area contributed by atoms with Gasteiger partial charge in [0.25, 0.3) is 0 Å². The first-order chi connectivity index (χ1) is 8.08. The van der Waals surface area contributed by atoms with Gasteiger partial charge in [-0.3, -0.25) is 9.78 Å². The van der Waals surface area contributed by atoms with Crippen molar-refractivity contribution in [3.05, 3.63) is 52.1 Å². The van der Waals surface area contributed by atoms with Gasteiger partial charge in [0.05, 0.1) is 10.7 Å². The number of benzene rings is 1. The van der Waals surface area contributed by atoms with Gasteiger partial charge >= 0.3 is 0 Å². The first-order valence-corrected chi connectivity index (χ1v) is 5.55. The van der Waals surface area contributed by atoms with E-state index >= 15 is 0 Å². The Morgan fingerprint density at radius 1 is 1.12 bits per heavy atom. The monoisotopic (exact) mass is 266 g/mol. The topological polar surface area (TPSA) is 56.0 Å². The minimum Gasteiger partial charge on any atom is -0.366 e. The van der Waals surface area contributed by atoms with Crippen molar-refractivity contribution in [2.45, 2.75) is 0 Å². The van der Waals surface area contributed by atoms with Gasteiger partial charge in [-0.25, -0.2) is 0 Å². The standard InChI is InChI=1S/C12H8Cl2N2O/c13-7-1-3-9(10(5-7)12(15)17)11-4-2-8(14)6-16-11/h1-6H,(H2,15,17). The smallest absolute Gasteiger partial charge is 0.249 e. The first kappa shape index (κ1) is 11.9. The van der Waals surface area contributed by atoms with Crippen LogP contribution in [-0.4, -0.2) is 10.9 Å². The summed E-state index contributed by atoms with van der Waals surface area (Å²) in [5, 5.41) is 0.986. The van der Waals surface area contributed by atoms with E-state index in [1.54, 1.807) is 24.3 Å². The van der Waals surface area contributed by atoms with E-state index in [0.29, 0.717) is 26.9 Å². The molecule has 1 aromatic carbocycles. The molecule has 0 saturated carbocycles. The number of nitrogens with zero attached hydrogens (tertiary/aromatic N) is 1. The second-order valence-corrected chi connectivity index (χ2v) is 4.29. The maximum absolute atomic E-state index is 11.3. The molecule has 1 aromatic heterocycles. The Morgan fingerprint density at radius 2 is 1.82 bits per heavy atom. The van der Waals surface area contributed by atoms with Crippen LogP contribution in [0.15, 0.2) is 36.5 Å². The molecule has 0 aliphatic heterocycles. The number of carbonyl (C=O) groups is 1. The lowest BCUT2D eigenvalue weighted by molar-refractivity contribution is 0.100. The molecule has 2 N–H and O–H groups in total. The van der Waals surface area contributed by atoms with Gasteiger partial charge in [0.1, 0.15) is 0 Å². The van der Waals surface area contributed by atoms with Crippen molar-refractivity contribution < 1.29 is 4.79 Å². The number of carbonyl (C=O) groups excluding carboxylic acids is 1. The highest BCUT2D eigenvalue weighted by atomic mass is 35.5. The van der Waals surface area contributed by atoms with E-state index in [1.807, 2.05) is 0 Å². The van der Waals surface area contributed by atoms with Crippen molar-refractivity contribution in [1.29, 1.82) is 0 Å². The summed E-state index contributed by atoms with van der Waals surface area (Å²) in [6.45, 7) is 0. The fourth-order valence-corrected chi connectivity index (χ4v) is 1.76. The lowest BCUT2D eigenvalue weighted by atomic mass is 10.0. The largest absolute Gasteiger partial charge is 0.366 e. The Morgan fingerprint density at radius 3 is 2.41 bits per heavy atom. The van der Waals surface area contributed by atoms with Gasteiger partial charge in [0, 0.05) is 22.3 Å². The van der Waals surface area contributed by atoms with Gasteiger partial charge in [0.15, 0.2) is 0 Å². The van der Waals surface area contributed by atoms with Crippen LogP contribution in [0.3, 0.4) is 0 Å². The number of pyridine rings is 1. The minimum absolute atomic E-state index is 0.340. The molecular weight excluding hydrogens is 259 g/mol. The highest BCUT2D eigenvalue weighted by molar-refractivity contribution is 6.31. The molecule has 0 aliphatic rings. The average molecular weight is 267 g/mol. The second-order valence-electron chi connectivity index (χ2n) is 3.42. The van der Waals surface area contributed by atoms with Crippen LogP contribution in [0, 0.1) is 0 Å². The molecule has 2 aromatic rings. The van der Waals surface area contributed by atoms with Crippen LogP contribution in [-0.2, 0) is 0 Å². The van der Waals surface area contributed by atoms with Gasteiger partial charge in [0.2, 0.25) is 5.91 Å². The second kappa shape index (κ2) is 4.73. The maximum Gasteiger partial charge on any atom is 0.249 e. The molecule has 1 amide bonds. The van der Waals surface area contributed by atoms with Crippen LogP contribution >= 0.6 is 23.2 Å². The Bertz CT molecular complexity index is 567. The number of primary amides is 1. The Kier molecular flexibility index (Phi) is 3.31. The summed E-state index contributed by atoms with van der Waals surface area (Å²) in [6, 6.07) is 8.33. The predicted molar refractivity (Wildman–Crippen MR) is 68.2 cm³/mol. The van der Waals surface area contributed by atoms with Crippen molar-refractivity contribution in [2.24, 2.45) is 5.73 Å². The third-order valence-electron chi connectivity index (χ3n) is 2.25. The van der Waals surface area contributed by atoms with E-state index in [2.05, 4.69) is 4.98 Å². The average Bonchev–Trinajstić information content (AvgIpc) is 2.30. The quantitative estimate of drug-likeness (QED) is 0.908. The Hall–Kier alpha value is -1.58. The molecule has 0 atom stereocenters. The highest BCUT2D eigenvalue weighted by Gasteiger charge is 2.11. The molecular formula is C12H8Cl2N2O. The molecule has 0 saturated heterocycles. The van der Waals surface area contributed by atoms with Gasteiger partial charge in [-0.1, -0.05) is 29.3 Å². The molecule has 0 aliphatic carbocycles. The Labute approximate surface area is 108 Å². The van der Waals surface area contributed by atoms with Crippen molar-refractivity contribution in [2.75, 3.05) is 0 Å². The van der Waals surface area contributed by atoms with E-state index < -0.39 is 5.91 Å². The molecule has 1 heterocycles. The van der Waals surface area contributed by atoms with Crippen LogP contribution < -0.4 is 5.73 Å². The molecule has 0 bridgehead atoms. The first-order valence-electron chi connectivity index (χ1n) is 4.79. The summed E-state index contributed by atoms with van der Waals surface area (Å²) >= 11 is 11.6. The summed E-state index contributed by atoms with van der Waals surface area (Å²) in [5.74, 6) is -0.542. The van der Waals surface area contributed by atoms with Crippen LogP contribution in [0.1, 0.15) is 10.4 Å². The number of hydrogen-bond donors (Lipinski definition) is 1. The number of halogens is 2. The van der Waals surface area contributed by atoms with Crippen LogP contribution in [0.4, 0.5) is 0 Å². The summed E-state index contributed by atoms with van der Waals surface area (Å²) in [7, 11) is 0. The molecule has 17 heavy (non-hydrogen) atoms. The molecule has 5 heteroatoms. The molecule has 2 rings (SSSR count). The third kappa shape index (κ3) is 2.57. The zero-order valence-electron chi connectivity index (χ0n) is 8.65. The number of hydrogen-bond acceptors (Lipinski definition) is 2. The lowest BCUT2D eigenvalue weighted by Crippen LogP contribution is -2.12. The van der Waals surface area contributed by atoms with E-state index in [9.17, 15) is 4.79 Å². The number of rotatable bonds is 2. The number of aromatic nitrogens is 1. The molecule has 0 spiro atoms. The number of nitrogens with two attached hydrogens (primary N) is 1. The summed E-state index contributed by atoms with van der Waals surface area (Å²) in [6.07, 6.45) is 1.51. The van der Waals surface area contributed by atoms with Crippen LogP contribution in [0.2, 0.25) is 10.0 Å². The van der Waals surface area contributed by atoms with Gasteiger partial charge in [-0.05, 0) is 24.3 Å². The van der Waals surface area contributed by atoms with Crippen LogP contribution in [0.25, 0.3) is 11.3 Å². The molecule has 0 unspecified atom stereocenters. The van der Waals surface area contributed by atoms with Crippen molar-refractivity contribution in [3.8, 4) is 11.3 Å². The molecule has 0 fully saturated rings. The van der Waals surface area contributed by atoms with Gasteiger partial charge < -0.3 is 5.73 Å². The van der Waals surface area contributed by atoms with Crippen molar-refractivity contribution in [3.63, 3.8) is 0 Å². The highest BCUT2D eigenvalue weighted by Crippen LogP contribution is 2.25. The van der Waals surface area contributed by atoms with Crippen molar-refractivity contribution >= 4 is 29.1 Å². The van der Waals surface area contributed by atoms with E-state index in [4.69, 9.17) is 28.9 Å². The van der Waals surface area contributed by atoms with Crippen LogP contribution in [0.5, 0.6) is 0 Å². The zero-order chi connectivity index (χ0) is 12.4. The maximum atomic E-state index is 11.3. The number of amides is 1. The fourth-order valence-electron chi connectivity index (χ4n) is 1.48. The van der Waals surface area contributed by atoms with E-state index in [0.717, 1.165) is 0 Å². The molecule has 86 valence electrons. The predicted octanol–water partition coefficient (Wildman–Crippen LogP) is 3.15. The molecule has 3 nitrogen and oxygen atoms in total. The molecule has 0 radical (unpaired) electrons. The van der Waals surface area contributed by atoms with E-state index in [1.165, 1.54) is 12.3 Å². The fraction of sp³-hybridized carbons (Fsp3) is 0. The van der Waals surface area contributed by atoms with Gasteiger partial charge in [-0.15, -0.1) is 0 Å². The summed E-state index contributed by atoms with van der Waals surface area (Å²) < 4.78 is 0. The lowest BCUT2D eigenvalue weighted by Gasteiger charge is -2.06. The van der Waals surface area contributed by atoms with Gasteiger partial charge in [-0.2, -0.15) is 0 Å². The SMILES string of the molecule is NC(=O)c1cc(Cl)ccc1-c1ccc(Cl)cn1. The summed E-state index contributed by atoms with van der Waals surface area (Å²) in [5.41, 5.74) is 6.90. The summed E-state index contributed by atoms with van der Waals surface area (Å²) in [4.78, 5) is 15.5. The van der Waals surface area contributed by atoms with Crippen molar-refractivity contribution in [1.82, 2.24) is 4.98 Å². The third-order valence-corrected chi connectivity index (χ3v) is 2.71. The Balaban J connectivity index is 2.58. The van der Waals surface area contributed by atoms with E-state index in [-0.39, 0.29) is 0 Å². The zero-order valence-corrected chi connectivity index (χ0v) is 10.2. The normalized spacial score (nSPS) is 10.2. The minimum atomic E-state index is -0.542.